The molecule has 17 heavy (non-hydrogen) atoms. The number of hydrogen-bond acceptors (Lipinski definition) is 3. The molecule has 4 heteroatoms. The Morgan fingerprint density at radius 1 is 1.35 bits per heavy atom. The summed E-state index contributed by atoms with van der Waals surface area (Å²) in [5.74, 6) is 0.433. The monoisotopic (exact) mass is 242 g/mol. The zero-order chi connectivity index (χ0) is 12.7. The highest BCUT2D eigenvalue weighted by molar-refractivity contribution is 5.78. The molecule has 2 N–H and O–H groups in total. The standard InChI is InChI=1S/C13H26N2O2/c1-11-6-7-12(10-14-11)13(17)15(2)8-4-3-5-9-16/h11-12,14,16H,3-10H2,1-2H3. The molecule has 0 spiro atoms. The third-order valence-electron chi connectivity index (χ3n) is 3.54. The highest BCUT2D eigenvalue weighted by Crippen LogP contribution is 2.16. The highest BCUT2D eigenvalue weighted by Gasteiger charge is 2.25. The van der Waals surface area contributed by atoms with E-state index in [0.717, 1.165) is 45.2 Å². The smallest absolute Gasteiger partial charge is 0.226 e. The van der Waals surface area contributed by atoms with Crippen LogP contribution in [-0.2, 0) is 4.79 Å². The molecule has 0 aliphatic carbocycles. The van der Waals surface area contributed by atoms with Crippen molar-refractivity contribution >= 4 is 5.91 Å². The van der Waals surface area contributed by atoms with Crippen LogP contribution < -0.4 is 5.32 Å². The normalized spacial score (nSPS) is 24.6. The number of carbonyl (C=O) groups excluding carboxylic acids is 1. The molecular formula is C13H26N2O2. The average Bonchev–Trinajstić information content (AvgIpc) is 2.34. The number of carbonyl (C=O) groups is 1. The van der Waals surface area contributed by atoms with Gasteiger partial charge in [0.2, 0.25) is 5.91 Å². The number of nitrogens with zero attached hydrogens (tertiary/aromatic N) is 1. The molecule has 4 nitrogen and oxygen atoms in total. The quantitative estimate of drug-likeness (QED) is 0.683. The van der Waals surface area contributed by atoms with Gasteiger partial charge in [-0.15, -0.1) is 0 Å². The minimum Gasteiger partial charge on any atom is -0.396 e. The van der Waals surface area contributed by atoms with Gasteiger partial charge in [0.1, 0.15) is 0 Å². The van der Waals surface area contributed by atoms with Crippen LogP contribution in [0, 0.1) is 5.92 Å². The summed E-state index contributed by atoms with van der Waals surface area (Å²) in [5.41, 5.74) is 0. The number of unbranched alkanes of at least 4 members (excludes halogenated alkanes) is 2. The van der Waals surface area contributed by atoms with Crippen LogP contribution in [-0.4, -0.2) is 48.7 Å². The summed E-state index contributed by atoms with van der Waals surface area (Å²) >= 11 is 0. The van der Waals surface area contributed by atoms with Gasteiger partial charge in [0.05, 0.1) is 5.92 Å². The maximum Gasteiger partial charge on any atom is 0.226 e. The van der Waals surface area contributed by atoms with E-state index in [-0.39, 0.29) is 18.4 Å². The van der Waals surface area contributed by atoms with Gasteiger partial charge in [-0.2, -0.15) is 0 Å². The lowest BCUT2D eigenvalue weighted by atomic mass is 9.94. The second kappa shape index (κ2) is 7.67. The molecule has 1 fully saturated rings. The zero-order valence-electron chi connectivity index (χ0n) is 11.1. The van der Waals surface area contributed by atoms with Crippen molar-refractivity contribution in [2.45, 2.75) is 45.1 Å². The molecule has 0 aromatic rings. The van der Waals surface area contributed by atoms with Gasteiger partial charge >= 0.3 is 0 Å². The molecule has 0 saturated carbocycles. The largest absolute Gasteiger partial charge is 0.396 e. The van der Waals surface area contributed by atoms with Gasteiger partial charge in [-0.05, 0) is 39.0 Å². The van der Waals surface area contributed by atoms with Crippen LogP contribution in [0.25, 0.3) is 0 Å². The molecule has 2 unspecified atom stereocenters. The molecular weight excluding hydrogens is 216 g/mol. The molecule has 100 valence electrons. The first-order valence-corrected chi connectivity index (χ1v) is 6.74. The Kier molecular flexibility index (Phi) is 6.52. The van der Waals surface area contributed by atoms with E-state index < -0.39 is 0 Å². The Morgan fingerprint density at radius 3 is 2.71 bits per heavy atom. The molecule has 0 bridgehead atoms. The minimum atomic E-state index is 0.161. The third-order valence-corrected chi connectivity index (χ3v) is 3.54. The lowest BCUT2D eigenvalue weighted by Gasteiger charge is -2.30. The topological polar surface area (TPSA) is 52.6 Å². The summed E-state index contributed by atoms with van der Waals surface area (Å²) in [7, 11) is 1.89. The first kappa shape index (κ1) is 14.5. The van der Waals surface area contributed by atoms with Crippen molar-refractivity contribution in [3.8, 4) is 0 Å². The van der Waals surface area contributed by atoms with Crippen molar-refractivity contribution in [2.75, 3.05) is 26.7 Å². The summed E-state index contributed by atoms with van der Waals surface area (Å²) in [6.07, 6.45) is 4.92. The Balaban J connectivity index is 2.21. The SMILES string of the molecule is CC1CCC(C(=O)N(C)CCCCCO)CN1. The number of piperidine rings is 1. The fraction of sp³-hybridized carbons (Fsp3) is 0.923. The number of amides is 1. The summed E-state index contributed by atoms with van der Waals surface area (Å²) in [6, 6.07) is 0.550. The second-order valence-electron chi connectivity index (χ2n) is 5.13. The number of rotatable bonds is 6. The average molecular weight is 242 g/mol. The van der Waals surface area contributed by atoms with Crippen molar-refractivity contribution in [2.24, 2.45) is 5.92 Å². The van der Waals surface area contributed by atoms with Gasteiger partial charge in [0.25, 0.3) is 0 Å². The van der Waals surface area contributed by atoms with Gasteiger partial charge in [0, 0.05) is 32.8 Å². The van der Waals surface area contributed by atoms with Crippen molar-refractivity contribution < 1.29 is 9.90 Å². The van der Waals surface area contributed by atoms with E-state index in [0.29, 0.717) is 6.04 Å². The first-order chi connectivity index (χ1) is 8.15. The fourth-order valence-electron chi connectivity index (χ4n) is 2.27. The predicted molar refractivity (Wildman–Crippen MR) is 68.8 cm³/mol. The molecule has 1 aliphatic heterocycles. The molecule has 0 aromatic heterocycles. The lowest BCUT2D eigenvalue weighted by Crippen LogP contribution is -2.44. The van der Waals surface area contributed by atoms with E-state index in [1.165, 1.54) is 0 Å². The lowest BCUT2D eigenvalue weighted by molar-refractivity contribution is -0.134. The summed E-state index contributed by atoms with van der Waals surface area (Å²) < 4.78 is 0. The Morgan fingerprint density at radius 2 is 2.12 bits per heavy atom. The number of aliphatic hydroxyl groups is 1. The van der Waals surface area contributed by atoms with Crippen LogP contribution in [0.4, 0.5) is 0 Å². The maximum absolute atomic E-state index is 12.1. The van der Waals surface area contributed by atoms with Crippen LogP contribution in [0.3, 0.4) is 0 Å². The molecule has 1 saturated heterocycles. The Bertz CT molecular complexity index is 225. The molecule has 2 atom stereocenters. The predicted octanol–water partition coefficient (Wildman–Crippen LogP) is 0.995. The van der Waals surface area contributed by atoms with Crippen LogP contribution in [0.1, 0.15) is 39.0 Å². The van der Waals surface area contributed by atoms with Gasteiger partial charge in [0.15, 0.2) is 0 Å². The van der Waals surface area contributed by atoms with E-state index in [1.54, 1.807) is 0 Å². The zero-order valence-corrected chi connectivity index (χ0v) is 11.1. The third kappa shape index (κ3) is 5.04. The molecule has 0 radical (unpaired) electrons. The van der Waals surface area contributed by atoms with E-state index in [4.69, 9.17) is 5.11 Å². The van der Waals surface area contributed by atoms with Crippen LogP contribution in [0.15, 0.2) is 0 Å². The van der Waals surface area contributed by atoms with E-state index in [1.807, 2.05) is 11.9 Å². The van der Waals surface area contributed by atoms with Gasteiger partial charge in [-0.1, -0.05) is 0 Å². The van der Waals surface area contributed by atoms with Crippen molar-refractivity contribution in [3.05, 3.63) is 0 Å². The number of hydrogen-bond donors (Lipinski definition) is 2. The highest BCUT2D eigenvalue weighted by atomic mass is 16.2. The Hall–Kier alpha value is -0.610. The van der Waals surface area contributed by atoms with Crippen molar-refractivity contribution in [1.29, 1.82) is 0 Å². The van der Waals surface area contributed by atoms with Crippen molar-refractivity contribution in [3.63, 3.8) is 0 Å². The van der Waals surface area contributed by atoms with Gasteiger partial charge in [-0.25, -0.2) is 0 Å². The Labute approximate surface area is 104 Å². The second-order valence-corrected chi connectivity index (χ2v) is 5.13. The summed E-state index contributed by atoms with van der Waals surface area (Å²) in [6.45, 7) is 4.05. The van der Waals surface area contributed by atoms with E-state index >= 15 is 0 Å². The minimum absolute atomic E-state index is 0.161. The molecule has 1 rings (SSSR count). The number of nitrogens with one attached hydrogen (secondary N) is 1. The van der Waals surface area contributed by atoms with Crippen molar-refractivity contribution in [1.82, 2.24) is 10.2 Å². The summed E-state index contributed by atoms with van der Waals surface area (Å²) in [4.78, 5) is 14.0. The maximum atomic E-state index is 12.1. The van der Waals surface area contributed by atoms with Crippen LogP contribution in [0.2, 0.25) is 0 Å². The van der Waals surface area contributed by atoms with Gasteiger partial charge < -0.3 is 15.3 Å². The van der Waals surface area contributed by atoms with Gasteiger partial charge in [-0.3, -0.25) is 4.79 Å². The van der Waals surface area contributed by atoms with E-state index in [9.17, 15) is 4.79 Å². The molecule has 1 aliphatic rings. The molecule has 1 heterocycles. The molecule has 0 aromatic carbocycles. The van der Waals surface area contributed by atoms with E-state index in [2.05, 4.69) is 12.2 Å². The van der Waals surface area contributed by atoms with Crippen LogP contribution >= 0.6 is 0 Å². The summed E-state index contributed by atoms with van der Waals surface area (Å²) in [5, 5.41) is 12.0. The fourth-order valence-corrected chi connectivity index (χ4v) is 2.27. The molecule has 1 amide bonds. The number of aliphatic hydroxyl groups excluding tert-OH is 1. The first-order valence-electron chi connectivity index (χ1n) is 6.74. The van der Waals surface area contributed by atoms with Crippen LogP contribution in [0.5, 0.6) is 0 Å².